The molecule has 0 spiro atoms. The maximum absolute atomic E-state index is 6.04. The minimum absolute atomic E-state index is 0.383. The Morgan fingerprint density at radius 1 is 1.35 bits per heavy atom. The Kier molecular flexibility index (Phi) is 6.06. The number of nitrogens with one attached hydrogen (secondary N) is 1. The second-order valence-corrected chi connectivity index (χ2v) is 5.66. The van der Waals surface area contributed by atoms with Gasteiger partial charge in [0.2, 0.25) is 0 Å². The molecule has 1 aromatic rings. The van der Waals surface area contributed by atoms with Gasteiger partial charge in [-0.3, -0.25) is 4.98 Å². The molecule has 1 fully saturated rings. The van der Waals surface area contributed by atoms with Crippen LogP contribution in [0, 0.1) is 0 Å². The highest BCUT2D eigenvalue weighted by atomic mass is 16.5. The Labute approximate surface area is 122 Å². The normalized spacial score (nSPS) is 18.3. The minimum Gasteiger partial charge on any atom is -0.489 e. The van der Waals surface area contributed by atoms with E-state index in [-0.39, 0.29) is 0 Å². The molecule has 0 aromatic carbocycles. The van der Waals surface area contributed by atoms with E-state index in [1.165, 1.54) is 32.1 Å². The van der Waals surface area contributed by atoms with E-state index in [1.54, 1.807) is 0 Å². The summed E-state index contributed by atoms with van der Waals surface area (Å²) in [6.07, 6.45) is 15.7. The van der Waals surface area contributed by atoms with E-state index in [0.29, 0.717) is 12.1 Å². The molecule has 1 heterocycles. The van der Waals surface area contributed by atoms with Crippen molar-refractivity contribution in [3.05, 3.63) is 30.1 Å². The average molecular weight is 274 g/mol. The van der Waals surface area contributed by atoms with Crippen molar-refractivity contribution in [3.63, 3.8) is 0 Å². The van der Waals surface area contributed by atoms with Crippen LogP contribution >= 0.6 is 0 Å². The third kappa shape index (κ3) is 4.97. The Morgan fingerprint density at radius 3 is 2.90 bits per heavy atom. The van der Waals surface area contributed by atoms with Crippen LogP contribution < -0.4 is 10.1 Å². The predicted molar refractivity (Wildman–Crippen MR) is 83.9 cm³/mol. The van der Waals surface area contributed by atoms with Crippen LogP contribution in [0.5, 0.6) is 5.75 Å². The SMILES string of the molecule is CN[C@H](C)C/C=C/c1cncc(OC2CCCCC2)c1. The lowest BCUT2D eigenvalue weighted by Gasteiger charge is -2.22. The predicted octanol–water partition coefficient (Wildman–Crippen LogP) is 3.80. The first-order valence-electron chi connectivity index (χ1n) is 7.73. The lowest BCUT2D eigenvalue weighted by atomic mass is 9.98. The van der Waals surface area contributed by atoms with Gasteiger partial charge in [-0.2, -0.15) is 0 Å². The zero-order valence-electron chi connectivity index (χ0n) is 12.6. The van der Waals surface area contributed by atoms with E-state index in [9.17, 15) is 0 Å². The molecule has 2 rings (SSSR count). The summed E-state index contributed by atoms with van der Waals surface area (Å²) in [7, 11) is 1.98. The zero-order valence-corrected chi connectivity index (χ0v) is 12.6. The molecule has 0 bridgehead atoms. The van der Waals surface area contributed by atoms with Crippen LogP contribution in [0.2, 0.25) is 0 Å². The number of nitrogens with zero attached hydrogens (tertiary/aromatic N) is 1. The highest BCUT2D eigenvalue weighted by molar-refractivity contribution is 5.49. The van der Waals surface area contributed by atoms with Crippen LogP contribution in [-0.2, 0) is 0 Å². The summed E-state index contributed by atoms with van der Waals surface area (Å²) in [6.45, 7) is 2.17. The standard InChI is InChI=1S/C17H26N2O/c1-14(18-2)7-6-8-15-11-17(13-19-12-15)20-16-9-4-3-5-10-16/h6,8,11-14,16,18H,3-5,7,9-10H2,1-2H3/b8-6+/t14-/m1/s1. The molecule has 0 aliphatic heterocycles. The molecule has 0 radical (unpaired) electrons. The minimum atomic E-state index is 0.383. The summed E-state index contributed by atoms with van der Waals surface area (Å²) in [5, 5.41) is 3.23. The first-order valence-corrected chi connectivity index (χ1v) is 7.73. The Bertz CT molecular complexity index is 425. The molecule has 0 saturated heterocycles. The van der Waals surface area contributed by atoms with Gasteiger partial charge in [-0.25, -0.2) is 0 Å². The van der Waals surface area contributed by atoms with E-state index in [2.05, 4.69) is 35.4 Å². The fraction of sp³-hybridized carbons (Fsp3) is 0.588. The third-order valence-corrected chi connectivity index (χ3v) is 3.88. The lowest BCUT2D eigenvalue weighted by molar-refractivity contribution is 0.154. The lowest BCUT2D eigenvalue weighted by Crippen LogP contribution is -2.19. The van der Waals surface area contributed by atoms with E-state index in [0.717, 1.165) is 17.7 Å². The molecule has 1 aliphatic rings. The van der Waals surface area contributed by atoms with E-state index < -0.39 is 0 Å². The molecule has 3 heteroatoms. The molecule has 1 N–H and O–H groups in total. The van der Waals surface area contributed by atoms with Gasteiger partial charge in [-0.1, -0.05) is 18.6 Å². The molecule has 3 nitrogen and oxygen atoms in total. The van der Waals surface area contributed by atoms with E-state index in [1.807, 2.05) is 19.4 Å². The van der Waals surface area contributed by atoms with Crippen LogP contribution in [0.1, 0.15) is 51.0 Å². The maximum Gasteiger partial charge on any atom is 0.138 e. The van der Waals surface area contributed by atoms with Crippen molar-refractivity contribution < 1.29 is 4.74 Å². The van der Waals surface area contributed by atoms with Gasteiger partial charge < -0.3 is 10.1 Å². The molecule has 110 valence electrons. The quantitative estimate of drug-likeness (QED) is 0.856. The third-order valence-electron chi connectivity index (χ3n) is 3.88. The van der Waals surface area contributed by atoms with Crippen LogP contribution in [0.3, 0.4) is 0 Å². The summed E-state index contributed by atoms with van der Waals surface area (Å²) in [5.74, 6) is 0.903. The van der Waals surface area contributed by atoms with Crippen LogP contribution in [-0.4, -0.2) is 24.2 Å². The van der Waals surface area contributed by atoms with Crippen molar-refractivity contribution in [2.24, 2.45) is 0 Å². The van der Waals surface area contributed by atoms with Gasteiger partial charge in [0.15, 0.2) is 0 Å². The zero-order chi connectivity index (χ0) is 14.2. The largest absolute Gasteiger partial charge is 0.489 e. The first kappa shape index (κ1) is 15.0. The van der Waals surface area contributed by atoms with Gasteiger partial charge in [0.05, 0.1) is 12.3 Å². The molecular weight excluding hydrogens is 248 g/mol. The molecule has 0 unspecified atom stereocenters. The van der Waals surface area contributed by atoms with Crippen molar-refractivity contribution in [3.8, 4) is 5.75 Å². The Balaban J connectivity index is 1.89. The number of hydrogen-bond acceptors (Lipinski definition) is 3. The second kappa shape index (κ2) is 8.05. The van der Waals surface area contributed by atoms with E-state index >= 15 is 0 Å². The number of hydrogen-bond donors (Lipinski definition) is 1. The van der Waals surface area contributed by atoms with Gasteiger partial charge in [0, 0.05) is 12.2 Å². The van der Waals surface area contributed by atoms with Gasteiger partial charge in [-0.15, -0.1) is 0 Å². The molecule has 1 saturated carbocycles. The number of rotatable bonds is 6. The van der Waals surface area contributed by atoms with Gasteiger partial charge >= 0.3 is 0 Å². The number of ether oxygens (including phenoxy) is 1. The van der Waals surface area contributed by atoms with Crippen LogP contribution in [0.25, 0.3) is 6.08 Å². The topological polar surface area (TPSA) is 34.2 Å². The molecular formula is C17H26N2O. The summed E-state index contributed by atoms with van der Waals surface area (Å²) in [6, 6.07) is 2.59. The Hall–Kier alpha value is -1.35. The van der Waals surface area contributed by atoms with Crippen LogP contribution in [0.15, 0.2) is 24.5 Å². The smallest absolute Gasteiger partial charge is 0.138 e. The average Bonchev–Trinajstić information content (AvgIpc) is 2.48. The summed E-state index contributed by atoms with van der Waals surface area (Å²) < 4.78 is 6.04. The van der Waals surface area contributed by atoms with Crippen molar-refractivity contribution in [1.29, 1.82) is 0 Å². The molecule has 1 atom stereocenters. The van der Waals surface area contributed by atoms with Crippen molar-refractivity contribution >= 4 is 6.08 Å². The highest BCUT2D eigenvalue weighted by Gasteiger charge is 2.14. The fourth-order valence-electron chi connectivity index (χ4n) is 2.49. The monoisotopic (exact) mass is 274 g/mol. The first-order chi connectivity index (χ1) is 9.78. The van der Waals surface area contributed by atoms with Gasteiger partial charge in [0.1, 0.15) is 5.75 Å². The van der Waals surface area contributed by atoms with Crippen molar-refractivity contribution in [2.75, 3.05) is 7.05 Å². The summed E-state index contributed by atoms with van der Waals surface area (Å²) in [4.78, 5) is 4.28. The number of pyridine rings is 1. The number of aromatic nitrogens is 1. The molecule has 1 aromatic heterocycles. The second-order valence-electron chi connectivity index (χ2n) is 5.66. The van der Waals surface area contributed by atoms with Gasteiger partial charge in [0.25, 0.3) is 0 Å². The van der Waals surface area contributed by atoms with Crippen LogP contribution in [0.4, 0.5) is 0 Å². The fourth-order valence-corrected chi connectivity index (χ4v) is 2.49. The summed E-state index contributed by atoms with van der Waals surface area (Å²) in [5.41, 5.74) is 1.11. The summed E-state index contributed by atoms with van der Waals surface area (Å²) >= 11 is 0. The molecule has 0 amide bonds. The molecule has 20 heavy (non-hydrogen) atoms. The Morgan fingerprint density at radius 2 is 2.15 bits per heavy atom. The highest BCUT2D eigenvalue weighted by Crippen LogP contribution is 2.23. The molecule has 1 aliphatic carbocycles. The maximum atomic E-state index is 6.04. The van der Waals surface area contributed by atoms with Crippen molar-refractivity contribution in [1.82, 2.24) is 10.3 Å². The van der Waals surface area contributed by atoms with Gasteiger partial charge in [-0.05, 0) is 57.7 Å². The van der Waals surface area contributed by atoms with Crippen molar-refractivity contribution in [2.45, 2.75) is 57.6 Å². The van der Waals surface area contributed by atoms with E-state index in [4.69, 9.17) is 4.74 Å².